The van der Waals surface area contributed by atoms with E-state index < -0.39 is 0 Å². The molecule has 0 atom stereocenters. The molecular formula is C19H20ClN3O2S2. The van der Waals surface area contributed by atoms with E-state index >= 15 is 0 Å². The number of thiophene rings is 1. The Kier molecular flexibility index (Phi) is 6.24. The van der Waals surface area contributed by atoms with Crippen LogP contribution in [0.4, 0.5) is 5.69 Å². The van der Waals surface area contributed by atoms with Gasteiger partial charge in [-0.05, 0) is 37.6 Å². The summed E-state index contributed by atoms with van der Waals surface area (Å²) >= 11 is 9.11. The summed E-state index contributed by atoms with van der Waals surface area (Å²) < 4.78 is 5.27. The third-order valence-electron chi connectivity index (χ3n) is 4.13. The number of carbonyl (C=O) groups excluding carboxylic acids is 1. The van der Waals surface area contributed by atoms with Gasteiger partial charge in [-0.2, -0.15) is 0 Å². The number of halogens is 1. The van der Waals surface area contributed by atoms with E-state index in [1.54, 1.807) is 36.6 Å². The van der Waals surface area contributed by atoms with Gasteiger partial charge in [0.1, 0.15) is 21.4 Å². The van der Waals surface area contributed by atoms with Gasteiger partial charge < -0.3 is 10.1 Å². The fraction of sp³-hybridized carbons (Fsp3) is 0.316. The predicted octanol–water partition coefficient (Wildman–Crippen LogP) is 5.26. The van der Waals surface area contributed by atoms with Crippen molar-refractivity contribution in [2.45, 2.75) is 32.2 Å². The molecule has 142 valence electrons. The summed E-state index contributed by atoms with van der Waals surface area (Å²) in [4.78, 5) is 24.0. The molecule has 27 heavy (non-hydrogen) atoms. The molecule has 0 bridgehead atoms. The number of methoxy groups -OCH3 is 1. The topological polar surface area (TPSA) is 64.1 Å². The smallest absolute Gasteiger partial charge is 0.234 e. The van der Waals surface area contributed by atoms with Crippen LogP contribution in [0, 0.1) is 13.8 Å². The predicted molar refractivity (Wildman–Crippen MR) is 114 cm³/mol. The lowest BCUT2D eigenvalue weighted by atomic mass is 10.2. The summed E-state index contributed by atoms with van der Waals surface area (Å²) in [7, 11) is 1.55. The fourth-order valence-electron chi connectivity index (χ4n) is 2.62. The normalized spacial score (nSPS) is 11.0. The number of rotatable bonds is 6. The van der Waals surface area contributed by atoms with Crippen LogP contribution in [0.2, 0.25) is 5.02 Å². The lowest BCUT2D eigenvalue weighted by molar-refractivity contribution is -0.113. The Bertz CT molecular complexity index is 1000. The van der Waals surface area contributed by atoms with Gasteiger partial charge in [-0.1, -0.05) is 30.3 Å². The molecule has 1 N–H and O–H groups in total. The van der Waals surface area contributed by atoms with Crippen LogP contribution in [0.5, 0.6) is 5.75 Å². The summed E-state index contributed by atoms with van der Waals surface area (Å²) in [6, 6.07) is 5.12. The first-order chi connectivity index (χ1) is 12.9. The highest BCUT2D eigenvalue weighted by Gasteiger charge is 2.16. The minimum Gasteiger partial charge on any atom is -0.495 e. The molecular weight excluding hydrogens is 402 g/mol. The van der Waals surface area contributed by atoms with Crippen LogP contribution in [0.3, 0.4) is 0 Å². The highest BCUT2D eigenvalue weighted by Crippen LogP contribution is 2.35. The number of benzene rings is 1. The van der Waals surface area contributed by atoms with E-state index in [0.717, 1.165) is 27.5 Å². The molecule has 0 spiro atoms. The second kappa shape index (κ2) is 8.46. The van der Waals surface area contributed by atoms with Crippen molar-refractivity contribution in [1.82, 2.24) is 9.97 Å². The third-order valence-corrected chi connectivity index (χ3v) is 6.45. The van der Waals surface area contributed by atoms with Crippen LogP contribution in [0.1, 0.15) is 23.2 Å². The molecule has 0 saturated carbocycles. The lowest BCUT2D eigenvalue weighted by Gasteiger charge is -2.11. The summed E-state index contributed by atoms with van der Waals surface area (Å²) in [6.07, 6.45) is 0.755. The molecule has 0 unspecified atom stereocenters. The van der Waals surface area contributed by atoms with Gasteiger partial charge in [-0.25, -0.2) is 9.97 Å². The van der Waals surface area contributed by atoms with E-state index in [1.165, 1.54) is 22.2 Å². The Morgan fingerprint density at radius 2 is 2.11 bits per heavy atom. The zero-order valence-electron chi connectivity index (χ0n) is 15.6. The Morgan fingerprint density at radius 1 is 1.33 bits per heavy atom. The van der Waals surface area contributed by atoms with E-state index in [-0.39, 0.29) is 11.7 Å². The number of aryl methyl sites for hydroxylation is 3. The number of nitrogens with zero attached hydrogens (tertiary/aromatic N) is 2. The molecule has 2 aromatic heterocycles. The highest BCUT2D eigenvalue weighted by atomic mass is 35.5. The van der Waals surface area contributed by atoms with Crippen LogP contribution < -0.4 is 10.1 Å². The highest BCUT2D eigenvalue weighted by molar-refractivity contribution is 8.00. The van der Waals surface area contributed by atoms with Gasteiger partial charge in [0, 0.05) is 21.7 Å². The van der Waals surface area contributed by atoms with Crippen molar-refractivity contribution in [2.75, 3.05) is 18.2 Å². The van der Waals surface area contributed by atoms with Crippen molar-refractivity contribution in [1.29, 1.82) is 0 Å². The van der Waals surface area contributed by atoms with Gasteiger partial charge in [0.25, 0.3) is 0 Å². The van der Waals surface area contributed by atoms with Gasteiger partial charge in [0.2, 0.25) is 5.91 Å². The van der Waals surface area contributed by atoms with Crippen LogP contribution in [-0.4, -0.2) is 28.7 Å². The number of anilines is 1. The molecule has 0 radical (unpaired) electrons. The van der Waals surface area contributed by atoms with Gasteiger partial charge in [0.05, 0.1) is 18.6 Å². The number of nitrogens with one attached hydrogen (secondary N) is 1. The molecule has 3 rings (SSSR count). The van der Waals surface area contributed by atoms with E-state index in [4.69, 9.17) is 16.3 Å². The molecule has 1 amide bonds. The summed E-state index contributed by atoms with van der Waals surface area (Å²) in [5.74, 6) is 1.46. The van der Waals surface area contributed by atoms with Gasteiger partial charge in [-0.3, -0.25) is 4.79 Å². The minimum atomic E-state index is -0.144. The molecule has 0 saturated heterocycles. The van der Waals surface area contributed by atoms with Crippen LogP contribution in [0.25, 0.3) is 10.2 Å². The number of thioether (sulfide) groups is 1. The van der Waals surface area contributed by atoms with E-state index in [9.17, 15) is 4.79 Å². The Balaban J connectivity index is 1.80. The minimum absolute atomic E-state index is 0.144. The Labute approximate surface area is 171 Å². The first-order valence-electron chi connectivity index (χ1n) is 8.45. The lowest BCUT2D eigenvalue weighted by Crippen LogP contribution is -2.15. The van der Waals surface area contributed by atoms with Crippen molar-refractivity contribution in [2.24, 2.45) is 0 Å². The molecule has 0 aliphatic carbocycles. The molecule has 8 heteroatoms. The SMILES string of the molecule is CCc1nc(SCC(=O)Nc2cc(Cl)ccc2OC)c2c(C)c(C)sc2n1. The number of hydrogen-bond acceptors (Lipinski definition) is 6. The quantitative estimate of drug-likeness (QED) is 0.434. The zero-order chi connectivity index (χ0) is 19.6. The average Bonchev–Trinajstić information content (AvgIpc) is 2.94. The molecule has 0 aliphatic heterocycles. The number of ether oxygens (including phenoxy) is 1. The van der Waals surface area contributed by atoms with Crippen molar-refractivity contribution in [3.63, 3.8) is 0 Å². The molecule has 1 aromatic carbocycles. The van der Waals surface area contributed by atoms with E-state index in [1.807, 2.05) is 6.92 Å². The number of carbonyl (C=O) groups is 1. The summed E-state index contributed by atoms with van der Waals surface area (Å²) in [5, 5.41) is 5.30. The first kappa shape index (κ1) is 19.9. The second-order valence-corrected chi connectivity index (χ2v) is 8.55. The third kappa shape index (κ3) is 4.36. The first-order valence-corrected chi connectivity index (χ1v) is 10.6. The van der Waals surface area contributed by atoms with Crippen molar-refractivity contribution in [3.8, 4) is 5.75 Å². The number of aromatic nitrogens is 2. The Hall–Kier alpha value is -1.83. The monoisotopic (exact) mass is 421 g/mol. The van der Waals surface area contributed by atoms with Crippen molar-refractivity contribution in [3.05, 3.63) is 39.5 Å². The number of fused-ring (bicyclic) bond motifs is 1. The molecule has 5 nitrogen and oxygen atoms in total. The van der Waals surface area contributed by atoms with Crippen molar-refractivity contribution >= 4 is 56.5 Å². The van der Waals surface area contributed by atoms with Crippen LogP contribution in [-0.2, 0) is 11.2 Å². The maximum absolute atomic E-state index is 12.5. The summed E-state index contributed by atoms with van der Waals surface area (Å²) in [5.41, 5.74) is 1.73. The second-order valence-electron chi connectivity index (χ2n) is 5.94. The van der Waals surface area contributed by atoms with Gasteiger partial charge >= 0.3 is 0 Å². The molecule has 3 aromatic rings. The van der Waals surface area contributed by atoms with Gasteiger partial charge in [0.15, 0.2) is 0 Å². The maximum atomic E-state index is 12.5. The van der Waals surface area contributed by atoms with E-state index in [2.05, 4.69) is 29.1 Å². The molecule has 0 fully saturated rings. The number of amides is 1. The Morgan fingerprint density at radius 3 is 2.81 bits per heavy atom. The largest absolute Gasteiger partial charge is 0.495 e. The van der Waals surface area contributed by atoms with E-state index in [0.29, 0.717) is 16.5 Å². The zero-order valence-corrected chi connectivity index (χ0v) is 17.9. The van der Waals surface area contributed by atoms with Gasteiger partial charge in [-0.15, -0.1) is 11.3 Å². The standard InChI is InChI=1S/C19H20ClN3O2S2/c1-5-15-22-18(17-10(2)11(3)27-19(17)23-15)26-9-16(24)21-13-8-12(20)6-7-14(13)25-4/h6-8H,5,9H2,1-4H3,(H,21,24). The van der Waals surface area contributed by atoms with Crippen molar-refractivity contribution < 1.29 is 9.53 Å². The average molecular weight is 422 g/mol. The number of hydrogen-bond donors (Lipinski definition) is 1. The van der Waals surface area contributed by atoms with Crippen LogP contribution in [0.15, 0.2) is 23.2 Å². The molecule has 0 aliphatic rings. The maximum Gasteiger partial charge on any atom is 0.234 e. The van der Waals surface area contributed by atoms with Crippen LogP contribution >= 0.6 is 34.7 Å². The fourth-order valence-corrected chi connectivity index (χ4v) is 4.80. The molecule has 2 heterocycles. The summed E-state index contributed by atoms with van der Waals surface area (Å²) in [6.45, 7) is 6.19.